The number of allylic oxidation sites excluding steroid dienone is 1. The molecule has 0 saturated heterocycles. The molecule has 0 heterocycles. The topological polar surface area (TPSA) is 20.2 Å². The first-order valence-corrected chi connectivity index (χ1v) is 6.19. The van der Waals surface area contributed by atoms with Crippen LogP contribution in [0.3, 0.4) is 0 Å². The van der Waals surface area contributed by atoms with Crippen LogP contribution >= 0.6 is 0 Å². The predicted molar refractivity (Wildman–Crippen MR) is 76.6 cm³/mol. The Labute approximate surface area is 108 Å². The summed E-state index contributed by atoms with van der Waals surface area (Å²) in [6.07, 6.45) is 1.82. The second-order valence-corrected chi connectivity index (χ2v) is 4.55. The van der Waals surface area contributed by atoms with E-state index < -0.39 is 0 Å². The molecule has 2 rings (SSSR count). The van der Waals surface area contributed by atoms with E-state index in [0.717, 1.165) is 24.0 Å². The summed E-state index contributed by atoms with van der Waals surface area (Å²) in [5.74, 6) is 0.312. The van der Waals surface area contributed by atoms with E-state index in [9.17, 15) is 5.11 Å². The molecule has 92 valence electrons. The van der Waals surface area contributed by atoms with E-state index in [1.807, 2.05) is 18.2 Å². The van der Waals surface area contributed by atoms with Crippen LogP contribution in [0.2, 0.25) is 0 Å². The Balaban J connectivity index is 2.06. The smallest absolute Gasteiger partial charge is 0.123 e. The van der Waals surface area contributed by atoms with Gasteiger partial charge in [0.15, 0.2) is 0 Å². The van der Waals surface area contributed by atoms with E-state index in [1.54, 1.807) is 6.07 Å². The van der Waals surface area contributed by atoms with Crippen LogP contribution in [-0.2, 0) is 6.42 Å². The van der Waals surface area contributed by atoms with Crippen molar-refractivity contribution in [2.75, 3.05) is 0 Å². The average molecular weight is 238 g/mol. The summed E-state index contributed by atoms with van der Waals surface area (Å²) in [4.78, 5) is 0. The summed E-state index contributed by atoms with van der Waals surface area (Å²) < 4.78 is 0. The van der Waals surface area contributed by atoms with Gasteiger partial charge in [-0.2, -0.15) is 0 Å². The maximum atomic E-state index is 9.77. The Morgan fingerprint density at radius 1 is 1.06 bits per heavy atom. The van der Waals surface area contributed by atoms with Gasteiger partial charge in [0.25, 0.3) is 0 Å². The number of hydrogen-bond acceptors (Lipinski definition) is 1. The molecule has 0 aliphatic carbocycles. The molecule has 0 spiro atoms. The van der Waals surface area contributed by atoms with Gasteiger partial charge in [0, 0.05) is 5.56 Å². The molecule has 1 N–H and O–H groups in total. The van der Waals surface area contributed by atoms with Crippen LogP contribution in [0.15, 0.2) is 55.1 Å². The Kier molecular flexibility index (Phi) is 3.83. The highest BCUT2D eigenvalue weighted by Crippen LogP contribution is 2.27. The first-order chi connectivity index (χ1) is 8.68. The quantitative estimate of drug-likeness (QED) is 0.839. The number of aromatic hydroxyl groups is 1. The summed E-state index contributed by atoms with van der Waals surface area (Å²) in [5, 5.41) is 9.77. The first-order valence-electron chi connectivity index (χ1n) is 6.19. The van der Waals surface area contributed by atoms with Crippen molar-refractivity contribution < 1.29 is 5.11 Å². The number of aryl methyl sites for hydroxylation is 2. The zero-order valence-corrected chi connectivity index (χ0v) is 10.7. The molecule has 0 unspecified atom stereocenters. The van der Waals surface area contributed by atoms with E-state index in [4.69, 9.17) is 0 Å². The van der Waals surface area contributed by atoms with E-state index in [2.05, 4.69) is 37.8 Å². The van der Waals surface area contributed by atoms with Crippen molar-refractivity contribution in [3.05, 3.63) is 71.8 Å². The standard InChI is InChI=1S/C17H18O/c1-13-7-3-4-8-15(13)12-11-14(2)16-9-5-6-10-17(16)18/h3-10,18H,2,11-12H2,1H3. The summed E-state index contributed by atoms with van der Waals surface area (Å²) in [7, 11) is 0. The lowest BCUT2D eigenvalue weighted by molar-refractivity contribution is 0.473. The van der Waals surface area contributed by atoms with E-state index in [1.165, 1.54) is 11.1 Å². The van der Waals surface area contributed by atoms with Gasteiger partial charge < -0.3 is 5.11 Å². The van der Waals surface area contributed by atoms with Gasteiger partial charge in [-0.25, -0.2) is 0 Å². The Bertz CT molecular complexity index is 555. The Morgan fingerprint density at radius 2 is 1.72 bits per heavy atom. The lowest BCUT2D eigenvalue weighted by Gasteiger charge is -2.09. The monoisotopic (exact) mass is 238 g/mol. The number of benzene rings is 2. The van der Waals surface area contributed by atoms with Crippen molar-refractivity contribution in [3.63, 3.8) is 0 Å². The van der Waals surface area contributed by atoms with Gasteiger partial charge in [0.2, 0.25) is 0 Å². The molecule has 0 atom stereocenters. The molecule has 0 amide bonds. The van der Waals surface area contributed by atoms with E-state index >= 15 is 0 Å². The maximum absolute atomic E-state index is 9.77. The van der Waals surface area contributed by atoms with Gasteiger partial charge in [-0.3, -0.25) is 0 Å². The van der Waals surface area contributed by atoms with Gasteiger partial charge in [0.05, 0.1) is 0 Å². The van der Waals surface area contributed by atoms with Crippen LogP contribution in [0.4, 0.5) is 0 Å². The molecule has 0 aliphatic heterocycles. The third kappa shape index (κ3) is 2.80. The second kappa shape index (κ2) is 5.54. The highest BCUT2D eigenvalue weighted by molar-refractivity contribution is 5.68. The average Bonchev–Trinajstić information content (AvgIpc) is 2.38. The lowest BCUT2D eigenvalue weighted by atomic mass is 9.97. The molecule has 2 aromatic carbocycles. The molecule has 18 heavy (non-hydrogen) atoms. The predicted octanol–water partition coefficient (Wildman–Crippen LogP) is 4.35. The number of para-hydroxylation sites is 1. The van der Waals surface area contributed by atoms with Gasteiger partial charge in [-0.15, -0.1) is 0 Å². The molecule has 0 radical (unpaired) electrons. The van der Waals surface area contributed by atoms with Crippen LogP contribution in [0.1, 0.15) is 23.1 Å². The van der Waals surface area contributed by atoms with Crippen LogP contribution in [0.5, 0.6) is 5.75 Å². The zero-order valence-electron chi connectivity index (χ0n) is 10.7. The number of phenolic OH excluding ortho intramolecular Hbond substituents is 1. The molecule has 1 nitrogen and oxygen atoms in total. The zero-order chi connectivity index (χ0) is 13.0. The molecule has 0 aliphatic rings. The van der Waals surface area contributed by atoms with Crippen molar-refractivity contribution in [2.45, 2.75) is 19.8 Å². The lowest BCUT2D eigenvalue weighted by Crippen LogP contribution is -1.91. The minimum atomic E-state index is 0.312. The molecule has 0 bridgehead atoms. The largest absolute Gasteiger partial charge is 0.507 e. The minimum Gasteiger partial charge on any atom is -0.507 e. The minimum absolute atomic E-state index is 0.312. The Hall–Kier alpha value is -2.02. The summed E-state index contributed by atoms with van der Waals surface area (Å²) in [5.41, 5.74) is 4.49. The van der Waals surface area contributed by atoms with Crippen molar-refractivity contribution in [1.29, 1.82) is 0 Å². The van der Waals surface area contributed by atoms with Crippen LogP contribution in [-0.4, -0.2) is 5.11 Å². The summed E-state index contributed by atoms with van der Waals surface area (Å²) in [6, 6.07) is 15.7. The fourth-order valence-corrected chi connectivity index (χ4v) is 2.08. The van der Waals surface area contributed by atoms with E-state index in [-0.39, 0.29) is 0 Å². The SMILES string of the molecule is C=C(CCc1ccccc1C)c1ccccc1O. The summed E-state index contributed by atoms with van der Waals surface area (Å²) >= 11 is 0. The van der Waals surface area contributed by atoms with Crippen LogP contribution < -0.4 is 0 Å². The van der Waals surface area contributed by atoms with Crippen molar-refractivity contribution >= 4 is 5.57 Å². The maximum Gasteiger partial charge on any atom is 0.123 e. The van der Waals surface area contributed by atoms with Gasteiger partial charge in [0.1, 0.15) is 5.75 Å². The van der Waals surface area contributed by atoms with Crippen molar-refractivity contribution in [3.8, 4) is 5.75 Å². The van der Waals surface area contributed by atoms with Crippen molar-refractivity contribution in [2.24, 2.45) is 0 Å². The third-order valence-corrected chi connectivity index (χ3v) is 3.24. The molecule has 0 saturated carbocycles. The fraction of sp³-hybridized carbons (Fsp3) is 0.176. The number of hydrogen-bond donors (Lipinski definition) is 1. The third-order valence-electron chi connectivity index (χ3n) is 3.24. The molecule has 2 aromatic rings. The van der Waals surface area contributed by atoms with Gasteiger partial charge in [-0.05, 0) is 42.5 Å². The van der Waals surface area contributed by atoms with Crippen LogP contribution in [0, 0.1) is 6.92 Å². The fourth-order valence-electron chi connectivity index (χ4n) is 2.08. The van der Waals surface area contributed by atoms with Gasteiger partial charge in [-0.1, -0.05) is 49.0 Å². The van der Waals surface area contributed by atoms with Crippen molar-refractivity contribution in [1.82, 2.24) is 0 Å². The highest BCUT2D eigenvalue weighted by atomic mass is 16.3. The molecular weight excluding hydrogens is 220 g/mol. The van der Waals surface area contributed by atoms with Crippen LogP contribution in [0.25, 0.3) is 5.57 Å². The molecule has 0 aromatic heterocycles. The second-order valence-electron chi connectivity index (χ2n) is 4.55. The molecule has 1 heteroatoms. The molecule has 0 fully saturated rings. The number of phenols is 1. The first kappa shape index (κ1) is 12.4. The van der Waals surface area contributed by atoms with E-state index in [0.29, 0.717) is 5.75 Å². The normalized spacial score (nSPS) is 10.3. The highest BCUT2D eigenvalue weighted by Gasteiger charge is 2.05. The summed E-state index contributed by atoms with van der Waals surface area (Å²) in [6.45, 7) is 6.19. The molecular formula is C17H18O. The van der Waals surface area contributed by atoms with Gasteiger partial charge >= 0.3 is 0 Å². The number of rotatable bonds is 4. The Morgan fingerprint density at radius 3 is 2.44 bits per heavy atom.